The summed E-state index contributed by atoms with van der Waals surface area (Å²) in [7, 11) is 1.10. The van der Waals surface area contributed by atoms with E-state index in [2.05, 4.69) is 0 Å². The summed E-state index contributed by atoms with van der Waals surface area (Å²) in [6.07, 6.45) is 2.26. The van der Waals surface area contributed by atoms with Gasteiger partial charge in [-0.25, -0.2) is 0 Å². The summed E-state index contributed by atoms with van der Waals surface area (Å²) in [5.74, 6) is 1.81. The molecule has 1 heteroatoms. The molecule has 0 aliphatic rings. The van der Waals surface area contributed by atoms with E-state index in [1.165, 1.54) is 0 Å². The van der Waals surface area contributed by atoms with Crippen LogP contribution in [0.3, 0.4) is 0 Å². The van der Waals surface area contributed by atoms with Gasteiger partial charge >= 0.3 is 0 Å². The molecule has 0 bridgehead atoms. The molecule has 1 atom stereocenters. The first-order chi connectivity index (χ1) is 10.6. The first kappa shape index (κ1) is 3.40. The van der Waals surface area contributed by atoms with E-state index >= 15 is 0 Å². The molecule has 0 aliphatic heterocycles. The van der Waals surface area contributed by atoms with Crippen LogP contribution in [0.5, 0.6) is 0 Å². The van der Waals surface area contributed by atoms with Gasteiger partial charge in [0.1, 0.15) is 0 Å². The minimum absolute atomic E-state index is 0.640. The van der Waals surface area contributed by atoms with Crippen LogP contribution >= 0.6 is 0 Å². The van der Waals surface area contributed by atoms with Gasteiger partial charge in [0.2, 0.25) is 0 Å². The van der Waals surface area contributed by atoms with Crippen molar-refractivity contribution < 1.29 is 13.7 Å². The lowest BCUT2D eigenvalue weighted by atomic mass is 10.1. The Balaban J connectivity index is 3.71. The van der Waals surface area contributed by atoms with Gasteiger partial charge in [-0.05, 0) is 25.9 Å². The van der Waals surface area contributed by atoms with Gasteiger partial charge in [-0.3, -0.25) is 4.90 Å². The van der Waals surface area contributed by atoms with Crippen LogP contribution < -0.4 is 0 Å². The minimum Gasteiger partial charge on any atom is -0.292 e. The fourth-order valence-corrected chi connectivity index (χ4v) is 0.758. The third-order valence-corrected chi connectivity index (χ3v) is 1.54. The molecule has 0 heterocycles. The predicted octanol–water partition coefficient (Wildman–Crippen LogP) is 2.18. The molecule has 1 aromatic rings. The summed E-state index contributed by atoms with van der Waals surface area (Å²) in [5.41, 5.74) is -0.717. The molecule has 0 amide bonds. The smallest absolute Gasteiger partial charge is 0.0626 e. The van der Waals surface area contributed by atoms with Crippen molar-refractivity contribution in [1.29, 1.82) is 0 Å². The highest BCUT2D eigenvalue weighted by atomic mass is 15.1. The Morgan fingerprint density at radius 3 is 2.86 bits per heavy atom. The molecule has 1 nitrogen and oxygen atoms in total. The molecule has 74 valence electrons. The standard InChI is InChI=1S/C13H17N/c1-4-10-14(3)12(2)11-13-8-6-5-7-9-13/h1,5-9,12H,10-11H2,2-3H3/t12-/m0/s1/i5D,6D,7D,8D,9D,10D2,11D2,12D. The number of likely N-dealkylation sites (N-methyl/N-ethyl adjacent to an activating group) is 1. The van der Waals surface area contributed by atoms with Gasteiger partial charge in [0.05, 0.1) is 16.1 Å². The summed E-state index contributed by atoms with van der Waals surface area (Å²) in [5, 5.41) is 0. The summed E-state index contributed by atoms with van der Waals surface area (Å²) >= 11 is 0. The Hall–Kier alpha value is -1.26. The zero-order chi connectivity index (χ0) is 19.2. The Kier molecular flexibility index (Phi) is 1.33. The van der Waals surface area contributed by atoms with Gasteiger partial charge in [0, 0.05) is 10.1 Å². The molecular weight excluding hydrogens is 170 g/mol. The number of hydrogen-bond donors (Lipinski definition) is 0. The van der Waals surface area contributed by atoms with E-state index in [4.69, 9.17) is 20.1 Å². The fraction of sp³-hybridized carbons (Fsp3) is 0.385. The van der Waals surface area contributed by atoms with Crippen LogP contribution in [0.15, 0.2) is 30.2 Å². The van der Waals surface area contributed by atoms with E-state index < -0.39 is 54.7 Å². The number of hydrogen-bond acceptors (Lipinski definition) is 1. The van der Waals surface area contributed by atoms with Crippen LogP contribution in [0, 0.1) is 12.3 Å². The second kappa shape index (κ2) is 5.47. The summed E-state index contributed by atoms with van der Waals surface area (Å²) < 4.78 is 78.7. The first-order valence-electron chi connectivity index (χ1n) is 8.93. The maximum absolute atomic E-state index is 8.30. The molecule has 0 unspecified atom stereocenters. The SMILES string of the molecule is [2H]c1c([2H])c([2H])c(C([2H])([2H])[C@]([2H])(C)N(C)C([2H])([2H])C#C)c([2H])c1[2H]. The van der Waals surface area contributed by atoms with E-state index in [0.29, 0.717) is 4.90 Å². The molecule has 0 saturated heterocycles. The van der Waals surface area contributed by atoms with Gasteiger partial charge in [-0.2, -0.15) is 0 Å². The van der Waals surface area contributed by atoms with Crippen LogP contribution in [0.4, 0.5) is 0 Å². The Morgan fingerprint density at radius 2 is 2.29 bits per heavy atom. The van der Waals surface area contributed by atoms with Crippen molar-refractivity contribution in [2.24, 2.45) is 0 Å². The van der Waals surface area contributed by atoms with Crippen LogP contribution in [-0.4, -0.2) is 24.5 Å². The molecule has 0 N–H and O–H groups in total. The predicted molar refractivity (Wildman–Crippen MR) is 61.1 cm³/mol. The highest BCUT2D eigenvalue weighted by Crippen LogP contribution is 2.06. The minimum atomic E-state index is -2.82. The fourth-order valence-electron chi connectivity index (χ4n) is 0.758. The first-order valence-corrected chi connectivity index (χ1v) is 3.93. The van der Waals surface area contributed by atoms with Crippen LogP contribution in [0.25, 0.3) is 0 Å². The normalized spacial score (nSPS) is 27.0. The number of benzene rings is 1. The van der Waals surface area contributed by atoms with Crippen molar-refractivity contribution >= 4 is 0 Å². The van der Waals surface area contributed by atoms with Gasteiger partial charge in [0.25, 0.3) is 0 Å². The lowest BCUT2D eigenvalue weighted by Crippen LogP contribution is -2.31. The monoisotopic (exact) mass is 197 g/mol. The lowest BCUT2D eigenvalue weighted by molar-refractivity contribution is 0.287. The zero-order valence-electron chi connectivity index (χ0n) is 18.0. The van der Waals surface area contributed by atoms with Crippen molar-refractivity contribution in [1.82, 2.24) is 4.90 Å². The van der Waals surface area contributed by atoms with E-state index in [1.807, 2.05) is 0 Å². The summed E-state index contributed by atoms with van der Waals surface area (Å²) in [4.78, 5) is 0.640. The molecule has 0 fully saturated rings. The highest BCUT2D eigenvalue weighted by molar-refractivity contribution is 5.15. The lowest BCUT2D eigenvalue weighted by Gasteiger charge is -2.22. The van der Waals surface area contributed by atoms with Crippen molar-refractivity contribution in [2.75, 3.05) is 13.5 Å². The van der Waals surface area contributed by atoms with Crippen molar-refractivity contribution in [3.8, 4) is 12.3 Å². The largest absolute Gasteiger partial charge is 0.292 e. The number of rotatable bonds is 4. The summed E-state index contributed by atoms with van der Waals surface area (Å²) in [6.45, 7) is -1.44. The van der Waals surface area contributed by atoms with Gasteiger partial charge in [-0.15, -0.1) is 6.42 Å². The third-order valence-electron chi connectivity index (χ3n) is 1.54. The Bertz CT molecular complexity index is 675. The third kappa shape index (κ3) is 3.24. The zero-order valence-corrected chi connectivity index (χ0v) is 8.02. The topological polar surface area (TPSA) is 3.24 Å². The van der Waals surface area contributed by atoms with E-state index in [9.17, 15) is 0 Å². The van der Waals surface area contributed by atoms with Crippen LogP contribution in [-0.2, 0) is 6.37 Å². The molecule has 0 aromatic heterocycles. The van der Waals surface area contributed by atoms with Gasteiger partial charge in [-0.1, -0.05) is 36.1 Å². The summed E-state index contributed by atoms with van der Waals surface area (Å²) in [6, 6.07) is -6.06. The van der Waals surface area contributed by atoms with Crippen molar-refractivity contribution in [3.05, 3.63) is 35.8 Å². The van der Waals surface area contributed by atoms with Crippen molar-refractivity contribution in [2.45, 2.75) is 19.3 Å². The van der Waals surface area contributed by atoms with Crippen LogP contribution in [0.2, 0.25) is 0 Å². The quantitative estimate of drug-likeness (QED) is 0.669. The Morgan fingerprint density at radius 1 is 1.64 bits per heavy atom. The number of terminal acetylenes is 1. The van der Waals surface area contributed by atoms with Gasteiger partial charge in [0.15, 0.2) is 0 Å². The molecule has 1 aromatic carbocycles. The second-order valence-corrected chi connectivity index (χ2v) is 2.53. The maximum Gasteiger partial charge on any atom is 0.0626 e. The van der Waals surface area contributed by atoms with E-state index in [0.717, 1.165) is 14.0 Å². The van der Waals surface area contributed by atoms with Gasteiger partial charge < -0.3 is 0 Å². The maximum atomic E-state index is 8.30. The Labute approximate surface area is 101 Å². The molecule has 1 rings (SSSR count). The van der Waals surface area contributed by atoms with E-state index in [-0.39, 0.29) is 0 Å². The van der Waals surface area contributed by atoms with Crippen molar-refractivity contribution in [3.63, 3.8) is 0 Å². The second-order valence-electron chi connectivity index (χ2n) is 2.53. The molecule has 14 heavy (non-hydrogen) atoms. The average Bonchev–Trinajstić information content (AvgIpc) is 2.49. The highest BCUT2D eigenvalue weighted by Gasteiger charge is 2.07. The molecule has 0 aliphatic carbocycles. The number of nitrogens with zero attached hydrogens (tertiary/aromatic N) is 1. The molecule has 0 radical (unpaired) electrons. The molecular formula is C13H17N. The van der Waals surface area contributed by atoms with Crippen LogP contribution in [0.1, 0.15) is 26.2 Å². The average molecular weight is 197 g/mol. The molecule has 0 saturated carbocycles. The van der Waals surface area contributed by atoms with E-state index in [1.54, 1.807) is 5.92 Å². The molecule has 0 spiro atoms.